The zero-order valence-electron chi connectivity index (χ0n) is 16.8. The lowest BCUT2D eigenvalue weighted by Gasteiger charge is -2.26. The van der Waals surface area contributed by atoms with Gasteiger partial charge in [0, 0.05) is 18.8 Å². The third-order valence-electron chi connectivity index (χ3n) is 4.94. The normalized spacial score (nSPS) is 14.6. The van der Waals surface area contributed by atoms with Gasteiger partial charge in [-0.15, -0.1) is 0 Å². The zero-order valence-corrected chi connectivity index (χ0v) is 16.8. The Morgan fingerprint density at radius 1 is 1.07 bits per heavy atom. The standard InChI is InChI=1S/C21H32N6O/c1-2-3-15-28-18-9-7-17(8-10-18)26-21-19(22)20(24-16-25-21)23-11-14-27-12-5-4-6-13-27/h7-10,16H,2-6,11-15,22H2,1H3,(H2,23,24,25,26). The van der Waals surface area contributed by atoms with E-state index in [0.717, 1.165) is 44.0 Å². The van der Waals surface area contributed by atoms with Gasteiger partial charge in [-0.2, -0.15) is 0 Å². The Bertz CT molecular complexity index is 715. The number of nitrogens with one attached hydrogen (secondary N) is 2. The highest BCUT2D eigenvalue weighted by Crippen LogP contribution is 2.26. The molecule has 0 amide bonds. The van der Waals surface area contributed by atoms with Crippen LogP contribution in [0.25, 0.3) is 0 Å². The number of nitrogens with two attached hydrogens (primary N) is 1. The lowest BCUT2D eigenvalue weighted by molar-refractivity contribution is 0.237. The van der Waals surface area contributed by atoms with Crippen LogP contribution >= 0.6 is 0 Å². The van der Waals surface area contributed by atoms with Gasteiger partial charge in [0.1, 0.15) is 17.8 Å². The van der Waals surface area contributed by atoms with E-state index >= 15 is 0 Å². The van der Waals surface area contributed by atoms with Crippen LogP contribution in [-0.4, -0.2) is 47.7 Å². The van der Waals surface area contributed by atoms with Crippen molar-refractivity contribution in [2.45, 2.75) is 39.0 Å². The van der Waals surface area contributed by atoms with Crippen molar-refractivity contribution in [1.82, 2.24) is 14.9 Å². The molecule has 2 heterocycles. The number of rotatable bonds is 10. The van der Waals surface area contributed by atoms with E-state index in [9.17, 15) is 0 Å². The fourth-order valence-electron chi connectivity index (χ4n) is 3.26. The predicted molar refractivity (Wildman–Crippen MR) is 115 cm³/mol. The largest absolute Gasteiger partial charge is 0.494 e. The minimum Gasteiger partial charge on any atom is -0.494 e. The third kappa shape index (κ3) is 5.99. The number of hydrogen-bond acceptors (Lipinski definition) is 7. The Balaban J connectivity index is 1.53. The summed E-state index contributed by atoms with van der Waals surface area (Å²) in [5.74, 6) is 2.15. The van der Waals surface area contributed by atoms with Gasteiger partial charge in [0.15, 0.2) is 11.6 Å². The summed E-state index contributed by atoms with van der Waals surface area (Å²) in [6.45, 7) is 7.10. The van der Waals surface area contributed by atoms with Crippen LogP contribution in [0.2, 0.25) is 0 Å². The molecule has 0 unspecified atom stereocenters. The molecule has 0 atom stereocenters. The number of hydrogen-bond donors (Lipinski definition) is 3. The number of nitrogens with zero attached hydrogens (tertiary/aromatic N) is 3. The number of benzene rings is 1. The van der Waals surface area contributed by atoms with Gasteiger partial charge < -0.3 is 26.0 Å². The lowest BCUT2D eigenvalue weighted by atomic mass is 10.1. The quantitative estimate of drug-likeness (QED) is 0.536. The van der Waals surface area contributed by atoms with E-state index in [1.54, 1.807) is 0 Å². The minimum atomic E-state index is 0.532. The second kappa shape index (κ2) is 10.7. The molecule has 0 aliphatic carbocycles. The smallest absolute Gasteiger partial charge is 0.159 e. The highest BCUT2D eigenvalue weighted by molar-refractivity contribution is 5.77. The second-order valence-corrected chi connectivity index (χ2v) is 7.17. The maximum Gasteiger partial charge on any atom is 0.159 e. The van der Waals surface area contributed by atoms with Gasteiger partial charge >= 0.3 is 0 Å². The molecule has 0 radical (unpaired) electrons. The van der Waals surface area contributed by atoms with Gasteiger partial charge in [-0.05, 0) is 56.6 Å². The molecule has 1 saturated heterocycles. The number of nitrogen functional groups attached to an aromatic ring is 1. The van der Waals surface area contributed by atoms with Crippen LogP contribution in [0.15, 0.2) is 30.6 Å². The van der Waals surface area contributed by atoms with E-state index in [-0.39, 0.29) is 0 Å². The van der Waals surface area contributed by atoms with Crippen LogP contribution < -0.4 is 21.1 Å². The molecule has 7 nitrogen and oxygen atoms in total. The summed E-state index contributed by atoms with van der Waals surface area (Å²) >= 11 is 0. The first-order chi connectivity index (χ1) is 13.8. The molecule has 3 rings (SSSR count). The van der Waals surface area contributed by atoms with Gasteiger partial charge in [0.25, 0.3) is 0 Å². The summed E-state index contributed by atoms with van der Waals surface area (Å²) in [5.41, 5.74) is 7.71. The number of piperidine rings is 1. The molecule has 1 aliphatic rings. The first-order valence-corrected chi connectivity index (χ1v) is 10.3. The summed E-state index contributed by atoms with van der Waals surface area (Å²) in [6.07, 6.45) is 7.66. The Morgan fingerprint density at radius 2 is 1.82 bits per heavy atom. The average Bonchev–Trinajstić information content (AvgIpc) is 2.73. The van der Waals surface area contributed by atoms with Crippen molar-refractivity contribution in [2.75, 3.05) is 49.2 Å². The predicted octanol–water partition coefficient (Wildman–Crippen LogP) is 3.88. The highest BCUT2D eigenvalue weighted by Gasteiger charge is 2.11. The molecule has 1 aromatic carbocycles. The van der Waals surface area contributed by atoms with Crippen molar-refractivity contribution < 1.29 is 4.74 Å². The molecule has 1 aromatic heterocycles. The van der Waals surface area contributed by atoms with Crippen molar-refractivity contribution in [3.05, 3.63) is 30.6 Å². The van der Waals surface area contributed by atoms with Crippen LogP contribution in [-0.2, 0) is 0 Å². The van der Waals surface area contributed by atoms with Gasteiger partial charge in [-0.1, -0.05) is 19.8 Å². The zero-order chi connectivity index (χ0) is 19.6. The number of unbranched alkanes of at least 4 members (excludes halogenated alkanes) is 1. The molecule has 1 aliphatic heterocycles. The van der Waals surface area contributed by atoms with Gasteiger partial charge in [0.05, 0.1) is 6.61 Å². The number of ether oxygens (including phenoxy) is 1. The van der Waals surface area contributed by atoms with Crippen LogP contribution in [0.1, 0.15) is 39.0 Å². The molecule has 28 heavy (non-hydrogen) atoms. The van der Waals surface area contributed by atoms with Gasteiger partial charge in [-0.3, -0.25) is 0 Å². The molecular formula is C21H32N6O. The van der Waals surface area contributed by atoms with Crippen molar-refractivity contribution in [3.63, 3.8) is 0 Å². The van der Waals surface area contributed by atoms with Crippen LogP contribution in [0.3, 0.4) is 0 Å². The topological polar surface area (TPSA) is 88.3 Å². The lowest BCUT2D eigenvalue weighted by Crippen LogP contribution is -2.33. The molecule has 7 heteroatoms. The Labute approximate surface area is 167 Å². The minimum absolute atomic E-state index is 0.532. The van der Waals surface area contributed by atoms with Crippen molar-refractivity contribution >= 4 is 23.0 Å². The fraction of sp³-hybridized carbons (Fsp3) is 0.524. The average molecular weight is 385 g/mol. The SMILES string of the molecule is CCCCOc1ccc(Nc2ncnc(NCCN3CCCCC3)c2N)cc1. The van der Waals surface area contributed by atoms with E-state index in [2.05, 4.69) is 32.4 Å². The molecule has 152 valence electrons. The van der Waals surface area contributed by atoms with E-state index in [4.69, 9.17) is 10.5 Å². The molecular weight excluding hydrogens is 352 g/mol. The molecule has 4 N–H and O–H groups in total. The summed E-state index contributed by atoms with van der Waals surface area (Å²) < 4.78 is 5.70. The molecule has 0 spiro atoms. The first-order valence-electron chi connectivity index (χ1n) is 10.3. The molecule has 0 bridgehead atoms. The summed E-state index contributed by atoms with van der Waals surface area (Å²) in [5, 5.41) is 6.61. The summed E-state index contributed by atoms with van der Waals surface area (Å²) in [7, 11) is 0. The number of anilines is 4. The van der Waals surface area contributed by atoms with Gasteiger partial charge in [0.2, 0.25) is 0 Å². The van der Waals surface area contributed by atoms with E-state index in [1.165, 1.54) is 38.7 Å². The molecule has 1 fully saturated rings. The highest BCUT2D eigenvalue weighted by atomic mass is 16.5. The van der Waals surface area contributed by atoms with Crippen LogP contribution in [0.4, 0.5) is 23.0 Å². The Kier molecular flexibility index (Phi) is 7.72. The number of aromatic nitrogens is 2. The van der Waals surface area contributed by atoms with E-state index in [0.29, 0.717) is 17.3 Å². The maximum absolute atomic E-state index is 6.27. The third-order valence-corrected chi connectivity index (χ3v) is 4.94. The Hall–Kier alpha value is -2.54. The maximum atomic E-state index is 6.27. The monoisotopic (exact) mass is 384 g/mol. The van der Waals surface area contributed by atoms with E-state index < -0.39 is 0 Å². The van der Waals surface area contributed by atoms with Crippen LogP contribution in [0.5, 0.6) is 5.75 Å². The second-order valence-electron chi connectivity index (χ2n) is 7.17. The molecule has 0 saturated carbocycles. The summed E-state index contributed by atoms with van der Waals surface area (Å²) in [4.78, 5) is 11.1. The number of likely N-dealkylation sites (tertiary alicyclic amines) is 1. The Morgan fingerprint density at radius 3 is 2.57 bits per heavy atom. The fourth-order valence-corrected chi connectivity index (χ4v) is 3.26. The van der Waals surface area contributed by atoms with Gasteiger partial charge in [-0.25, -0.2) is 9.97 Å². The van der Waals surface area contributed by atoms with Crippen LogP contribution in [0, 0.1) is 0 Å². The summed E-state index contributed by atoms with van der Waals surface area (Å²) in [6, 6.07) is 7.83. The van der Waals surface area contributed by atoms with E-state index in [1.807, 2.05) is 24.3 Å². The van der Waals surface area contributed by atoms with Crippen molar-refractivity contribution in [1.29, 1.82) is 0 Å². The molecule has 2 aromatic rings. The van der Waals surface area contributed by atoms with Crippen molar-refractivity contribution in [2.24, 2.45) is 0 Å². The first kappa shape index (κ1) is 20.2. The van der Waals surface area contributed by atoms with Crippen molar-refractivity contribution in [3.8, 4) is 5.75 Å².